The van der Waals surface area contributed by atoms with Gasteiger partial charge in [-0.15, -0.1) is 0 Å². The first-order valence-corrected chi connectivity index (χ1v) is 8.16. The molecule has 1 saturated heterocycles. The molecule has 2 atom stereocenters. The maximum atomic E-state index is 12.3. The van der Waals surface area contributed by atoms with Crippen molar-refractivity contribution in [1.82, 2.24) is 10.2 Å². The zero-order valence-electron chi connectivity index (χ0n) is 11.8. The summed E-state index contributed by atoms with van der Waals surface area (Å²) in [6.07, 6.45) is 0. The summed E-state index contributed by atoms with van der Waals surface area (Å²) >= 11 is 1.93. The van der Waals surface area contributed by atoms with E-state index in [-0.39, 0.29) is 24.6 Å². The molecule has 0 aliphatic carbocycles. The smallest absolute Gasteiger partial charge is 0.237 e. The third-order valence-electron chi connectivity index (χ3n) is 3.67. The van der Waals surface area contributed by atoms with E-state index in [0.717, 1.165) is 30.2 Å². The van der Waals surface area contributed by atoms with Crippen molar-refractivity contribution in [3.05, 3.63) is 35.9 Å². The van der Waals surface area contributed by atoms with Gasteiger partial charge >= 0.3 is 0 Å². The molecule has 5 heteroatoms. The Labute approximate surface area is 124 Å². The van der Waals surface area contributed by atoms with Crippen LogP contribution in [0.25, 0.3) is 0 Å². The number of carbonyl (C=O) groups excluding carboxylic acids is 1. The van der Waals surface area contributed by atoms with Crippen LogP contribution in [0.4, 0.5) is 0 Å². The predicted octanol–water partition coefficient (Wildman–Crippen LogP) is 1.27. The van der Waals surface area contributed by atoms with E-state index in [0.29, 0.717) is 0 Å². The lowest BCUT2D eigenvalue weighted by atomic mass is 10.1. The normalized spacial score (nSPS) is 19.3. The summed E-state index contributed by atoms with van der Waals surface area (Å²) in [6, 6.07) is 9.12. The highest BCUT2D eigenvalue weighted by molar-refractivity contribution is 7.99. The molecule has 0 saturated carbocycles. The van der Waals surface area contributed by atoms with Crippen molar-refractivity contribution >= 4 is 17.7 Å². The van der Waals surface area contributed by atoms with Crippen molar-refractivity contribution in [2.24, 2.45) is 0 Å². The Kier molecular flexibility index (Phi) is 5.88. The van der Waals surface area contributed by atoms with Crippen molar-refractivity contribution in [2.45, 2.75) is 19.0 Å². The SMILES string of the molecule is CC(C(=O)N[C@H](CO)c1ccccc1)N1CCSCC1. The van der Waals surface area contributed by atoms with Crippen LogP contribution in [0.2, 0.25) is 0 Å². The van der Waals surface area contributed by atoms with Gasteiger partial charge in [0.25, 0.3) is 0 Å². The van der Waals surface area contributed by atoms with Crippen LogP contribution in [-0.4, -0.2) is 53.2 Å². The third-order valence-corrected chi connectivity index (χ3v) is 4.62. The fourth-order valence-electron chi connectivity index (χ4n) is 2.34. The zero-order valence-corrected chi connectivity index (χ0v) is 12.6. The van der Waals surface area contributed by atoms with E-state index in [2.05, 4.69) is 10.2 Å². The van der Waals surface area contributed by atoms with Gasteiger partial charge in [-0.2, -0.15) is 11.8 Å². The van der Waals surface area contributed by atoms with Crippen molar-refractivity contribution in [1.29, 1.82) is 0 Å². The van der Waals surface area contributed by atoms with E-state index in [1.807, 2.05) is 49.0 Å². The molecule has 1 unspecified atom stereocenters. The number of rotatable bonds is 5. The lowest BCUT2D eigenvalue weighted by molar-refractivity contribution is -0.126. The minimum atomic E-state index is -0.328. The summed E-state index contributed by atoms with van der Waals surface area (Å²) in [4.78, 5) is 14.5. The van der Waals surface area contributed by atoms with Crippen LogP contribution in [0.15, 0.2) is 30.3 Å². The average molecular weight is 294 g/mol. The van der Waals surface area contributed by atoms with E-state index in [9.17, 15) is 9.90 Å². The monoisotopic (exact) mass is 294 g/mol. The van der Waals surface area contributed by atoms with Crippen molar-refractivity contribution < 1.29 is 9.90 Å². The minimum absolute atomic E-state index is 0.0141. The Morgan fingerprint density at radius 3 is 2.60 bits per heavy atom. The van der Waals surface area contributed by atoms with Crippen LogP contribution < -0.4 is 5.32 Å². The molecule has 1 amide bonds. The number of carbonyl (C=O) groups is 1. The van der Waals surface area contributed by atoms with Crippen LogP contribution >= 0.6 is 11.8 Å². The topological polar surface area (TPSA) is 52.6 Å². The van der Waals surface area contributed by atoms with E-state index in [1.54, 1.807) is 0 Å². The summed E-state index contributed by atoms with van der Waals surface area (Å²) in [5.41, 5.74) is 0.935. The number of thioether (sulfide) groups is 1. The van der Waals surface area contributed by atoms with E-state index >= 15 is 0 Å². The van der Waals surface area contributed by atoms with E-state index in [1.165, 1.54) is 0 Å². The van der Waals surface area contributed by atoms with Crippen molar-refractivity contribution in [3.63, 3.8) is 0 Å². The molecule has 2 rings (SSSR count). The third kappa shape index (κ3) is 3.98. The van der Waals surface area contributed by atoms with Gasteiger partial charge in [-0.3, -0.25) is 9.69 Å². The Bertz CT molecular complexity index is 421. The molecule has 1 fully saturated rings. The maximum Gasteiger partial charge on any atom is 0.237 e. The van der Waals surface area contributed by atoms with Crippen LogP contribution in [0, 0.1) is 0 Å². The summed E-state index contributed by atoms with van der Waals surface area (Å²) in [5.74, 6) is 2.15. The maximum absolute atomic E-state index is 12.3. The molecule has 1 heterocycles. The summed E-state index contributed by atoms with van der Waals surface area (Å²) in [6.45, 7) is 3.76. The Morgan fingerprint density at radius 1 is 1.35 bits per heavy atom. The molecule has 20 heavy (non-hydrogen) atoms. The molecule has 4 nitrogen and oxygen atoms in total. The lowest BCUT2D eigenvalue weighted by Crippen LogP contribution is -2.49. The average Bonchev–Trinajstić information content (AvgIpc) is 2.53. The highest BCUT2D eigenvalue weighted by Gasteiger charge is 2.24. The second-order valence-electron chi connectivity index (χ2n) is 4.98. The van der Waals surface area contributed by atoms with Crippen LogP contribution in [0.3, 0.4) is 0 Å². The molecule has 0 radical (unpaired) electrons. The molecular formula is C15H22N2O2S. The fraction of sp³-hybridized carbons (Fsp3) is 0.533. The Morgan fingerprint density at radius 2 is 2.00 bits per heavy atom. The second kappa shape index (κ2) is 7.67. The van der Waals surface area contributed by atoms with Gasteiger partial charge in [0.1, 0.15) is 0 Å². The van der Waals surface area contributed by atoms with Gasteiger partial charge in [0.05, 0.1) is 18.7 Å². The molecule has 1 aromatic rings. The van der Waals surface area contributed by atoms with Gasteiger partial charge in [0.2, 0.25) is 5.91 Å². The number of nitrogens with one attached hydrogen (secondary N) is 1. The molecule has 1 aliphatic heterocycles. The van der Waals surface area contributed by atoms with Gasteiger partial charge in [0.15, 0.2) is 0 Å². The number of aliphatic hydroxyl groups is 1. The summed E-state index contributed by atoms with van der Waals surface area (Å²) in [5, 5.41) is 12.4. The predicted molar refractivity (Wildman–Crippen MR) is 82.8 cm³/mol. The number of nitrogens with zero attached hydrogens (tertiary/aromatic N) is 1. The van der Waals surface area contributed by atoms with Gasteiger partial charge in [-0.1, -0.05) is 30.3 Å². The van der Waals surface area contributed by atoms with Gasteiger partial charge in [-0.05, 0) is 12.5 Å². The Balaban J connectivity index is 1.94. The molecule has 0 bridgehead atoms. The molecule has 1 aliphatic rings. The van der Waals surface area contributed by atoms with Gasteiger partial charge < -0.3 is 10.4 Å². The van der Waals surface area contributed by atoms with E-state index < -0.39 is 0 Å². The van der Waals surface area contributed by atoms with Gasteiger partial charge in [0, 0.05) is 24.6 Å². The van der Waals surface area contributed by atoms with Crippen molar-refractivity contribution in [3.8, 4) is 0 Å². The largest absolute Gasteiger partial charge is 0.394 e. The number of hydrogen-bond donors (Lipinski definition) is 2. The number of benzene rings is 1. The standard InChI is InChI=1S/C15H22N2O2S/c1-12(17-7-9-20-10-8-17)15(19)16-14(11-18)13-5-3-2-4-6-13/h2-6,12,14,18H,7-11H2,1H3,(H,16,19)/t12?,14-/m1/s1. The summed E-state index contributed by atoms with van der Waals surface area (Å²) < 4.78 is 0. The molecule has 0 aromatic heterocycles. The zero-order chi connectivity index (χ0) is 14.4. The van der Waals surface area contributed by atoms with Crippen molar-refractivity contribution in [2.75, 3.05) is 31.2 Å². The number of aliphatic hydroxyl groups excluding tert-OH is 1. The molecule has 0 spiro atoms. The van der Waals surface area contributed by atoms with E-state index in [4.69, 9.17) is 0 Å². The van der Waals surface area contributed by atoms with Gasteiger partial charge in [-0.25, -0.2) is 0 Å². The van der Waals surface area contributed by atoms with Crippen LogP contribution in [0.1, 0.15) is 18.5 Å². The quantitative estimate of drug-likeness (QED) is 0.859. The number of amides is 1. The first-order chi connectivity index (χ1) is 9.72. The highest BCUT2D eigenvalue weighted by Crippen LogP contribution is 2.15. The first-order valence-electron chi connectivity index (χ1n) is 7.00. The molecule has 2 N–H and O–H groups in total. The molecule has 1 aromatic carbocycles. The lowest BCUT2D eigenvalue weighted by Gasteiger charge is -2.32. The second-order valence-corrected chi connectivity index (χ2v) is 6.20. The minimum Gasteiger partial charge on any atom is -0.394 e. The molecular weight excluding hydrogens is 272 g/mol. The Hall–Kier alpha value is -1.04. The van der Waals surface area contributed by atoms with Crippen LogP contribution in [-0.2, 0) is 4.79 Å². The number of hydrogen-bond acceptors (Lipinski definition) is 4. The highest BCUT2D eigenvalue weighted by atomic mass is 32.2. The fourth-order valence-corrected chi connectivity index (χ4v) is 3.27. The summed E-state index contributed by atoms with van der Waals surface area (Å²) in [7, 11) is 0. The first kappa shape index (κ1) is 15.4. The van der Waals surface area contributed by atoms with Crippen LogP contribution in [0.5, 0.6) is 0 Å². The molecule has 110 valence electrons.